The molecule has 0 saturated heterocycles. The number of allylic oxidation sites excluding steroid dienone is 2. The first-order valence-corrected chi connectivity index (χ1v) is 4.00. The predicted octanol–water partition coefficient (Wildman–Crippen LogP) is 0.326. The number of alkyl halides is 1. The van der Waals surface area contributed by atoms with Crippen LogP contribution < -0.4 is 5.73 Å². The Bertz CT molecular complexity index is 247. The van der Waals surface area contributed by atoms with Crippen molar-refractivity contribution in [3.05, 3.63) is 24.3 Å². The molecule has 0 heterocycles. The summed E-state index contributed by atoms with van der Waals surface area (Å²) in [6.45, 7) is 0. The molecule has 1 aliphatic carbocycles. The summed E-state index contributed by atoms with van der Waals surface area (Å²) in [5, 5.41) is 9.66. The number of carbonyl (C=O) groups excluding carboxylic acids is 1. The van der Waals surface area contributed by atoms with Gasteiger partial charge in [-0.1, -0.05) is 29.8 Å². The van der Waals surface area contributed by atoms with Gasteiger partial charge in [0, 0.05) is 6.42 Å². The van der Waals surface area contributed by atoms with Crippen LogP contribution in [0.25, 0.3) is 0 Å². The molecule has 3 N–H and O–H groups in total. The van der Waals surface area contributed by atoms with E-state index in [1.807, 2.05) is 0 Å². The summed E-state index contributed by atoms with van der Waals surface area (Å²) in [5.74, 6) is -0.565. The van der Waals surface area contributed by atoms with Crippen LogP contribution in [-0.4, -0.2) is 22.0 Å². The van der Waals surface area contributed by atoms with Gasteiger partial charge in [-0.3, -0.25) is 4.79 Å². The molecule has 12 heavy (non-hydrogen) atoms. The molecule has 0 unspecified atom stereocenters. The van der Waals surface area contributed by atoms with Crippen LogP contribution in [0.1, 0.15) is 6.42 Å². The number of halogens is 1. The third kappa shape index (κ3) is 1.75. The molecule has 0 amide bonds. The lowest BCUT2D eigenvalue weighted by Gasteiger charge is -2.24. The van der Waals surface area contributed by atoms with Gasteiger partial charge in [-0.2, -0.15) is 0 Å². The minimum Gasteiger partial charge on any atom is -0.377 e. The van der Waals surface area contributed by atoms with Gasteiger partial charge in [0.1, 0.15) is 11.1 Å². The van der Waals surface area contributed by atoms with Crippen molar-refractivity contribution in [3.63, 3.8) is 0 Å². The van der Waals surface area contributed by atoms with Gasteiger partial charge in [0.05, 0.1) is 0 Å². The zero-order valence-corrected chi connectivity index (χ0v) is 7.16. The molecule has 4 heteroatoms. The summed E-state index contributed by atoms with van der Waals surface area (Å²) in [5.41, 5.74) is 2.50. The maximum atomic E-state index is 11.2. The van der Waals surface area contributed by atoms with Crippen LogP contribution in [-0.2, 0) is 4.79 Å². The van der Waals surface area contributed by atoms with Crippen LogP contribution in [0.5, 0.6) is 0 Å². The first-order valence-electron chi connectivity index (χ1n) is 3.57. The molecule has 0 aromatic heterocycles. The van der Waals surface area contributed by atoms with Gasteiger partial charge in [0.25, 0.3) is 0 Å². The van der Waals surface area contributed by atoms with Crippen LogP contribution in [0.4, 0.5) is 0 Å². The lowest BCUT2D eigenvalue weighted by Crippen LogP contribution is -2.45. The standard InChI is InChI=1S/C8H10ClNO2/c9-7(10)6(11)8(12)4-2-1-3-5-8/h1-4,7,12H,5,10H2/t7-,8+/m1/s1. The second-order valence-electron chi connectivity index (χ2n) is 2.68. The Morgan fingerprint density at radius 3 is 2.75 bits per heavy atom. The summed E-state index contributed by atoms with van der Waals surface area (Å²) in [6.07, 6.45) is 6.68. The zero-order valence-electron chi connectivity index (χ0n) is 6.40. The molecule has 0 spiro atoms. The number of hydrogen-bond donors (Lipinski definition) is 2. The maximum absolute atomic E-state index is 11.2. The van der Waals surface area contributed by atoms with Gasteiger partial charge in [0.2, 0.25) is 0 Å². The smallest absolute Gasteiger partial charge is 0.200 e. The first kappa shape index (κ1) is 9.45. The molecule has 0 fully saturated rings. The number of nitrogens with two attached hydrogens (primary N) is 1. The molecule has 0 aromatic carbocycles. The van der Waals surface area contributed by atoms with Crippen molar-refractivity contribution in [3.8, 4) is 0 Å². The number of aliphatic hydroxyl groups is 1. The molecule has 66 valence electrons. The fraction of sp³-hybridized carbons (Fsp3) is 0.375. The molecular formula is C8H10ClNO2. The lowest BCUT2D eigenvalue weighted by atomic mass is 9.91. The van der Waals surface area contributed by atoms with Gasteiger partial charge in [-0.05, 0) is 6.08 Å². The largest absolute Gasteiger partial charge is 0.377 e. The Morgan fingerprint density at radius 1 is 1.67 bits per heavy atom. The van der Waals surface area contributed by atoms with Crippen molar-refractivity contribution >= 4 is 17.4 Å². The monoisotopic (exact) mass is 187 g/mol. The Morgan fingerprint density at radius 2 is 2.33 bits per heavy atom. The van der Waals surface area contributed by atoms with E-state index in [1.165, 1.54) is 6.08 Å². The second-order valence-corrected chi connectivity index (χ2v) is 3.15. The Labute approximate surface area is 75.5 Å². The summed E-state index contributed by atoms with van der Waals surface area (Å²) in [6, 6.07) is 0. The number of ketones is 1. The van der Waals surface area contributed by atoms with Crippen LogP contribution in [0, 0.1) is 0 Å². The molecule has 2 atom stereocenters. The van der Waals surface area contributed by atoms with Crippen molar-refractivity contribution in [2.45, 2.75) is 17.5 Å². The summed E-state index contributed by atoms with van der Waals surface area (Å²) >= 11 is 5.36. The number of hydrogen-bond acceptors (Lipinski definition) is 3. The molecule has 0 aliphatic heterocycles. The van der Waals surface area contributed by atoms with E-state index in [-0.39, 0.29) is 6.42 Å². The molecule has 0 bridgehead atoms. The number of rotatable bonds is 2. The third-order valence-electron chi connectivity index (χ3n) is 1.73. The highest BCUT2D eigenvalue weighted by molar-refractivity contribution is 6.32. The van der Waals surface area contributed by atoms with Crippen LogP contribution in [0.15, 0.2) is 24.3 Å². The van der Waals surface area contributed by atoms with E-state index in [1.54, 1.807) is 18.2 Å². The molecule has 0 radical (unpaired) electrons. The summed E-state index contributed by atoms with van der Waals surface area (Å²) < 4.78 is 0. The normalized spacial score (nSPS) is 30.2. The maximum Gasteiger partial charge on any atom is 0.200 e. The van der Waals surface area contributed by atoms with E-state index >= 15 is 0 Å². The van der Waals surface area contributed by atoms with Gasteiger partial charge in [0.15, 0.2) is 5.78 Å². The predicted molar refractivity (Wildman–Crippen MR) is 46.7 cm³/mol. The molecular weight excluding hydrogens is 178 g/mol. The minimum atomic E-state index is -1.50. The number of carbonyl (C=O) groups is 1. The van der Waals surface area contributed by atoms with Crippen molar-refractivity contribution in [1.29, 1.82) is 0 Å². The van der Waals surface area contributed by atoms with Crippen LogP contribution in [0.3, 0.4) is 0 Å². The van der Waals surface area contributed by atoms with E-state index in [0.717, 1.165) is 0 Å². The minimum absolute atomic E-state index is 0.239. The highest BCUT2D eigenvalue weighted by atomic mass is 35.5. The topological polar surface area (TPSA) is 63.3 Å². The van der Waals surface area contributed by atoms with Crippen molar-refractivity contribution in [1.82, 2.24) is 0 Å². The Hall–Kier alpha value is -0.640. The summed E-state index contributed by atoms with van der Waals surface area (Å²) in [4.78, 5) is 11.2. The average Bonchev–Trinajstić information content (AvgIpc) is 2.04. The zero-order chi connectivity index (χ0) is 9.19. The summed E-state index contributed by atoms with van der Waals surface area (Å²) in [7, 11) is 0. The van der Waals surface area contributed by atoms with E-state index in [0.29, 0.717) is 0 Å². The molecule has 1 aliphatic rings. The van der Waals surface area contributed by atoms with Crippen LogP contribution >= 0.6 is 11.6 Å². The molecule has 1 rings (SSSR count). The third-order valence-corrected chi connectivity index (χ3v) is 1.92. The second kappa shape index (κ2) is 3.39. The Kier molecular flexibility index (Phi) is 2.67. The molecule has 0 saturated carbocycles. The lowest BCUT2D eigenvalue weighted by molar-refractivity contribution is -0.132. The highest BCUT2D eigenvalue weighted by Crippen LogP contribution is 2.20. The van der Waals surface area contributed by atoms with E-state index in [2.05, 4.69) is 0 Å². The van der Waals surface area contributed by atoms with Gasteiger partial charge < -0.3 is 10.8 Å². The molecule has 0 aromatic rings. The quantitative estimate of drug-likeness (QED) is 0.484. The van der Waals surface area contributed by atoms with Crippen molar-refractivity contribution in [2.75, 3.05) is 0 Å². The van der Waals surface area contributed by atoms with Gasteiger partial charge in [-0.15, -0.1) is 0 Å². The molecule has 3 nitrogen and oxygen atoms in total. The van der Waals surface area contributed by atoms with Gasteiger partial charge >= 0.3 is 0 Å². The SMILES string of the molecule is N[C@@H](Cl)C(=O)[C@]1(O)C=CC=CC1. The first-order chi connectivity index (χ1) is 5.56. The fourth-order valence-electron chi connectivity index (χ4n) is 1.03. The van der Waals surface area contributed by atoms with Crippen LogP contribution in [0.2, 0.25) is 0 Å². The van der Waals surface area contributed by atoms with E-state index in [9.17, 15) is 9.90 Å². The fourth-order valence-corrected chi connectivity index (χ4v) is 1.22. The van der Waals surface area contributed by atoms with Crippen molar-refractivity contribution < 1.29 is 9.90 Å². The van der Waals surface area contributed by atoms with E-state index < -0.39 is 16.9 Å². The average molecular weight is 188 g/mol. The van der Waals surface area contributed by atoms with Crippen molar-refractivity contribution in [2.24, 2.45) is 5.73 Å². The Balaban J connectivity index is 2.79. The number of Topliss-reactive ketones (excluding diaryl/α,β-unsaturated/α-hetero) is 1. The highest BCUT2D eigenvalue weighted by Gasteiger charge is 2.35. The van der Waals surface area contributed by atoms with E-state index in [4.69, 9.17) is 17.3 Å². The van der Waals surface area contributed by atoms with Gasteiger partial charge in [-0.25, -0.2) is 0 Å².